The Balaban J connectivity index is 1.58. The minimum atomic E-state index is -0.435. The lowest BCUT2D eigenvalue weighted by Crippen LogP contribution is -2.19. The van der Waals surface area contributed by atoms with E-state index in [4.69, 9.17) is 4.74 Å². The Labute approximate surface area is 134 Å². The summed E-state index contributed by atoms with van der Waals surface area (Å²) in [6.45, 7) is 0. The molecule has 0 saturated carbocycles. The van der Waals surface area contributed by atoms with Crippen LogP contribution in [-0.2, 0) is 24.0 Å². The second kappa shape index (κ2) is 4.54. The van der Waals surface area contributed by atoms with Crippen molar-refractivity contribution in [3.8, 4) is 0 Å². The largest absolute Gasteiger partial charge is 0.453 e. The van der Waals surface area contributed by atoms with E-state index in [1.54, 1.807) is 6.07 Å². The van der Waals surface area contributed by atoms with Crippen molar-refractivity contribution in [2.45, 2.75) is 31.8 Å². The lowest BCUT2D eigenvalue weighted by Gasteiger charge is -2.17. The van der Waals surface area contributed by atoms with Crippen LogP contribution >= 0.6 is 0 Å². The molecule has 3 nitrogen and oxygen atoms in total. The van der Waals surface area contributed by atoms with Gasteiger partial charge in [-0.25, -0.2) is 4.79 Å². The van der Waals surface area contributed by atoms with Crippen LogP contribution in [0.15, 0.2) is 36.4 Å². The van der Waals surface area contributed by atoms with Crippen LogP contribution in [0.25, 0.3) is 0 Å². The number of carbonyl (C=O) groups is 2. The standard InChI is InChI=1S/C20H16O3/c21-18-16(19-14-5-1-2-6-15(14)20(22)23-19)10-12-9-8-11-4-3-7-13(11)17(12)18/h1-2,5-6,8-9,16,19H,3-4,7,10H2/t16-,19-/m1/s1. The molecule has 2 aromatic rings. The maximum Gasteiger partial charge on any atom is 0.339 e. The van der Waals surface area contributed by atoms with E-state index in [2.05, 4.69) is 12.1 Å². The number of cyclic esters (lactones) is 1. The predicted molar refractivity (Wildman–Crippen MR) is 84.6 cm³/mol. The third-order valence-corrected chi connectivity index (χ3v) is 5.48. The Kier molecular flexibility index (Phi) is 2.58. The van der Waals surface area contributed by atoms with E-state index in [0.717, 1.165) is 36.0 Å². The zero-order chi connectivity index (χ0) is 15.6. The van der Waals surface area contributed by atoms with Gasteiger partial charge in [-0.05, 0) is 48.4 Å². The number of ketones is 1. The molecule has 0 amide bonds. The Bertz CT molecular complexity index is 865. The summed E-state index contributed by atoms with van der Waals surface area (Å²) in [6, 6.07) is 11.7. The lowest BCUT2D eigenvalue weighted by molar-refractivity contribution is 0.0252. The van der Waals surface area contributed by atoms with Gasteiger partial charge in [0.2, 0.25) is 0 Å². The first-order chi connectivity index (χ1) is 11.2. The number of fused-ring (bicyclic) bond motifs is 4. The molecule has 0 bridgehead atoms. The van der Waals surface area contributed by atoms with Crippen LogP contribution in [0.5, 0.6) is 0 Å². The van der Waals surface area contributed by atoms with Crippen LogP contribution < -0.4 is 0 Å². The van der Waals surface area contributed by atoms with Crippen LogP contribution in [-0.4, -0.2) is 11.8 Å². The van der Waals surface area contributed by atoms with Crippen molar-refractivity contribution in [1.82, 2.24) is 0 Å². The first kappa shape index (κ1) is 13.1. The van der Waals surface area contributed by atoms with Gasteiger partial charge in [0.05, 0.1) is 11.5 Å². The number of carbonyl (C=O) groups excluding carboxylic acids is 2. The lowest BCUT2D eigenvalue weighted by atomic mass is 9.91. The van der Waals surface area contributed by atoms with Gasteiger partial charge < -0.3 is 4.74 Å². The number of Topliss-reactive ketones (excluding diaryl/α,β-unsaturated/α-hetero) is 1. The van der Waals surface area contributed by atoms with Crippen LogP contribution in [0, 0.1) is 5.92 Å². The molecule has 2 aromatic carbocycles. The van der Waals surface area contributed by atoms with E-state index in [-0.39, 0.29) is 17.7 Å². The zero-order valence-electron chi connectivity index (χ0n) is 12.7. The molecule has 2 atom stereocenters. The van der Waals surface area contributed by atoms with Crippen molar-refractivity contribution >= 4 is 11.8 Å². The van der Waals surface area contributed by atoms with Gasteiger partial charge in [0.1, 0.15) is 6.10 Å². The quantitative estimate of drug-likeness (QED) is 0.758. The highest BCUT2D eigenvalue weighted by atomic mass is 16.5. The molecule has 0 spiro atoms. The summed E-state index contributed by atoms with van der Waals surface area (Å²) in [7, 11) is 0. The van der Waals surface area contributed by atoms with E-state index >= 15 is 0 Å². The summed E-state index contributed by atoms with van der Waals surface area (Å²) in [4.78, 5) is 25.1. The van der Waals surface area contributed by atoms with E-state index in [0.29, 0.717) is 12.0 Å². The number of ether oxygens (including phenoxy) is 1. The van der Waals surface area contributed by atoms with E-state index in [1.807, 2.05) is 18.2 Å². The second-order valence-electron chi connectivity index (χ2n) is 6.68. The first-order valence-corrected chi connectivity index (χ1v) is 8.22. The molecular weight excluding hydrogens is 288 g/mol. The van der Waals surface area contributed by atoms with Gasteiger partial charge in [-0.1, -0.05) is 30.3 Å². The zero-order valence-corrected chi connectivity index (χ0v) is 12.7. The number of benzene rings is 2. The predicted octanol–water partition coefficient (Wildman–Crippen LogP) is 3.44. The molecular formula is C20H16O3. The van der Waals surface area contributed by atoms with Crippen molar-refractivity contribution < 1.29 is 14.3 Å². The molecule has 3 heteroatoms. The van der Waals surface area contributed by atoms with Crippen molar-refractivity contribution in [2.75, 3.05) is 0 Å². The molecule has 0 radical (unpaired) electrons. The number of aryl methyl sites for hydroxylation is 1. The highest BCUT2D eigenvalue weighted by Crippen LogP contribution is 2.44. The molecule has 3 aliphatic rings. The molecule has 114 valence electrons. The summed E-state index contributed by atoms with van der Waals surface area (Å²) < 4.78 is 5.58. The summed E-state index contributed by atoms with van der Waals surface area (Å²) in [5, 5.41) is 0. The Morgan fingerprint density at radius 2 is 1.78 bits per heavy atom. The molecule has 0 fully saturated rings. The second-order valence-corrected chi connectivity index (χ2v) is 6.68. The number of rotatable bonds is 1. The summed E-state index contributed by atoms with van der Waals surface area (Å²) >= 11 is 0. The van der Waals surface area contributed by atoms with Gasteiger partial charge in [-0.2, -0.15) is 0 Å². The van der Waals surface area contributed by atoms with Gasteiger partial charge in [0, 0.05) is 11.1 Å². The molecule has 1 aliphatic heterocycles. The van der Waals surface area contributed by atoms with E-state index in [1.165, 1.54) is 11.1 Å². The average Bonchev–Trinajstić information content (AvgIpc) is 3.24. The fourth-order valence-electron chi connectivity index (χ4n) is 4.42. The Hall–Kier alpha value is -2.42. The molecule has 5 rings (SSSR count). The van der Waals surface area contributed by atoms with Crippen LogP contribution in [0.1, 0.15) is 55.5 Å². The molecule has 0 N–H and O–H groups in total. The van der Waals surface area contributed by atoms with Crippen LogP contribution in [0.3, 0.4) is 0 Å². The maximum absolute atomic E-state index is 13.1. The van der Waals surface area contributed by atoms with Crippen molar-refractivity contribution in [2.24, 2.45) is 5.92 Å². The summed E-state index contributed by atoms with van der Waals surface area (Å²) in [5.74, 6) is -0.419. The first-order valence-electron chi connectivity index (χ1n) is 8.22. The molecule has 23 heavy (non-hydrogen) atoms. The number of esters is 1. The highest BCUT2D eigenvalue weighted by molar-refractivity contribution is 6.05. The van der Waals surface area contributed by atoms with Gasteiger partial charge in [0.25, 0.3) is 0 Å². The average molecular weight is 304 g/mol. The fourth-order valence-corrected chi connectivity index (χ4v) is 4.42. The maximum atomic E-state index is 13.1. The van der Waals surface area contributed by atoms with Gasteiger partial charge in [-0.3, -0.25) is 4.79 Å². The number of hydrogen-bond acceptors (Lipinski definition) is 3. The van der Waals surface area contributed by atoms with Crippen LogP contribution in [0.4, 0.5) is 0 Å². The molecule has 1 heterocycles. The van der Waals surface area contributed by atoms with Gasteiger partial charge >= 0.3 is 5.97 Å². The Morgan fingerprint density at radius 3 is 2.70 bits per heavy atom. The van der Waals surface area contributed by atoms with Crippen molar-refractivity contribution in [1.29, 1.82) is 0 Å². The van der Waals surface area contributed by atoms with Gasteiger partial charge in [-0.15, -0.1) is 0 Å². The van der Waals surface area contributed by atoms with Crippen molar-refractivity contribution in [3.05, 3.63) is 69.8 Å². The Morgan fingerprint density at radius 1 is 0.957 bits per heavy atom. The molecule has 0 unspecified atom stereocenters. The fraction of sp³-hybridized carbons (Fsp3) is 0.300. The summed E-state index contributed by atoms with van der Waals surface area (Å²) in [6.07, 6.45) is 3.44. The molecule has 0 aromatic heterocycles. The highest BCUT2D eigenvalue weighted by Gasteiger charge is 2.45. The van der Waals surface area contributed by atoms with Gasteiger partial charge in [0.15, 0.2) is 5.78 Å². The third kappa shape index (κ3) is 1.70. The van der Waals surface area contributed by atoms with E-state index in [9.17, 15) is 9.59 Å². The monoisotopic (exact) mass is 304 g/mol. The smallest absolute Gasteiger partial charge is 0.339 e. The normalized spacial score (nSPS) is 24.3. The molecule has 2 aliphatic carbocycles. The van der Waals surface area contributed by atoms with Crippen LogP contribution in [0.2, 0.25) is 0 Å². The topological polar surface area (TPSA) is 43.4 Å². The van der Waals surface area contributed by atoms with Crippen molar-refractivity contribution in [3.63, 3.8) is 0 Å². The number of hydrogen-bond donors (Lipinski definition) is 0. The minimum Gasteiger partial charge on any atom is -0.453 e. The SMILES string of the molecule is O=C1O[C@@H]([C@@H]2Cc3ccc4c(c3C2=O)CCC4)c2ccccc21. The molecule has 0 saturated heterocycles. The third-order valence-electron chi connectivity index (χ3n) is 5.48. The van der Waals surface area contributed by atoms with E-state index < -0.39 is 6.10 Å². The summed E-state index contributed by atoms with van der Waals surface area (Å²) in [5.41, 5.74) is 6.08. The minimum absolute atomic E-state index is 0.160.